The summed E-state index contributed by atoms with van der Waals surface area (Å²) in [5.74, 6) is -0.719. The molecule has 92 valence electrons. The van der Waals surface area contributed by atoms with Crippen LogP contribution in [-0.2, 0) is 0 Å². The number of aromatic carboxylic acids is 1. The van der Waals surface area contributed by atoms with Gasteiger partial charge in [-0.3, -0.25) is 0 Å². The maximum atomic E-state index is 10.7. The summed E-state index contributed by atoms with van der Waals surface area (Å²) in [6.45, 7) is 0. The van der Waals surface area contributed by atoms with E-state index in [1.165, 1.54) is 12.3 Å². The minimum absolute atomic E-state index is 0.0321. The number of nitrogens with zero attached hydrogens (tertiary/aromatic N) is 1. The lowest BCUT2D eigenvalue weighted by atomic mass is 10.2. The second-order valence-electron chi connectivity index (χ2n) is 3.46. The number of rotatable bonds is 3. The van der Waals surface area contributed by atoms with E-state index in [1.807, 2.05) is 6.07 Å². The number of anilines is 2. The topological polar surface area (TPSA) is 62.2 Å². The summed E-state index contributed by atoms with van der Waals surface area (Å²) >= 11 is 11.9. The number of para-hydroxylation sites is 1. The lowest BCUT2D eigenvalue weighted by Crippen LogP contribution is -2.00. The van der Waals surface area contributed by atoms with E-state index in [9.17, 15) is 4.79 Å². The Balaban J connectivity index is 2.30. The van der Waals surface area contributed by atoms with Gasteiger partial charge in [-0.2, -0.15) is 0 Å². The van der Waals surface area contributed by atoms with E-state index in [1.54, 1.807) is 18.2 Å². The smallest absolute Gasteiger partial charge is 0.337 e. The first-order valence-electron chi connectivity index (χ1n) is 4.98. The van der Waals surface area contributed by atoms with Crippen molar-refractivity contribution < 1.29 is 9.90 Å². The first kappa shape index (κ1) is 12.7. The minimum atomic E-state index is -1.08. The lowest BCUT2D eigenvalue weighted by Gasteiger charge is -2.09. The summed E-state index contributed by atoms with van der Waals surface area (Å²) in [6, 6.07) is 8.44. The van der Waals surface area contributed by atoms with Crippen LogP contribution in [0.15, 0.2) is 36.5 Å². The highest BCUT2D eigenvalue weighted by atomic mass is 35.5. The first-order chi connectivity index (χ1) is 8.58. The molecule has 0 saturated carbocycles. The van der Waals surface area contributed by atoms with Gasteiger partial charge in [0, 0.05) is 6.20 Å². The van der Waals surface area contributed by atoms with Gasteiger partial charge in [0.2, 0.25) is 0 Å². The number of carboxylic acids is 1. The van der Waals surface area contributed by atoms with Gasteiger partial charge in [-0.25, -0.2) is 9.78 Å². The van der Waals surface area contributed by atoms with Crippen molar-refractivity contribution in [3.05, 3.63) is 52.1 Å². The van der Waals surface area contributed by atoms with Crippen LogP contribution in [0.4, 0.5) is 11.5 Å². The van der Waals surface area contributed by atoms with Crippen molar-refractivity contribution in [1.82, 2.24) is 4.98 Å². The van der Waals surface area contributed by atoms with Crippen LogP contribution in [0.1, 0.15) is 10.4 Å². The Morgan fingerprint density at radius 1 is 1.22 bits per heavy atom. The third kappa shape index (κ3) is 2.72. The van der Waals surface area contributed by atoms with Gasteiger partial charge in [0.15, 0.2) is 0 Å². The molecule has 2 N–H and O–H groups in total. The second-order valence-corrected chi connectivity index (χ2v) is 4.28. The first-order valence-corrected chi connectivity index (χ1v) is 5.74. The standard InChI is InChI=1S/C12H8Cl2N2O2/c13-8-3-1-2-4-10(8)16-11-9(14)5-7(6-15-11)12(17)18/h1-6H,(H,15,16)(H,17,18). The van der Waals surface area contributed by atoms with Crippen molar-refractivity contribution in [1.29, 1.82) is 0 Å². The molecule has 0 aliphatic heterocycles. The molecular formula is C12H8Cl2N2O2. The van der Waals surface area contributed by atoms with E-state index >= 15 is 0 Å². The normalized spacial score (nSPS) is 10.1. The number of nitrogens with one attached hydrogen (secondary N) is 1. The van der Waals surface area contributed by atoms with Crippen LogP contribution >= 0.6 is 23.2 Å². The predicted molar refractivity (Wildman–Crippen MR) is 70.9 cm³/mol. The summed E-state index contributed by atoms with van der Waals surface area (Å²) < 4.78 is 0. The maximum Gasteiger partial charge on any atom is 0.337 e. The Hall–Kier alpha value is -1.78. The highest BCUT2D eigenvalue weighted by molar-refractivity contribution is 6.34. The average Bonchev–Trinajstić information content (AvgIpc) is 2.34. The van der Waals surface area contributed by atoms with E-state index in [-0.39, 0.29) is 10.6 Å². The van der Waals surface area contributed by atoms with E-state index < -0.39 is 5.97 Å². The minimum Gasteiger partial charge on any atom is -0.478 e. The third-order valence-corrected chi connectivity index (χ3v) is 2.83. The Morgan fingerprint density at radius 3 is 2.56 bits per heavy atom. The molecule has 4 nitrogen and oxygen atoms in total. The fraction of sp³-hybridized carbons (Fsp3) is 0. The monoisotopic (exact) mass is 282 g/mol. The SMILES string of the molecule is O=C(O)c1cnc(Nc2ccccc2Cl)c(Cl)c1. The molecular weight excluding hydrogens is 275 g/mol. The van der Waals surface area contributed by atoms with E-state index in [0.717, 1.165) is 0 Å². The molecule has 0 atom stereocenters. The number of carbonyl (C=O) groups is 1. The van der Waals surface area contributed by atoms with Gasteiger partial charge < -0.3 is 10.4 Å². The van der Waals surface area contributed by atoms with Crippen LogP contribution < -0.4 is 5.32 Å². The van der Waals surface area contributed by atoms with Gasteiger partial charge in [-0.05, 0) is 18.2 Å². The largest absolute Gasteiger partial charge is 0.478 e. The molecule has 1 heterocycles. The Morgan fingerprint density at radius 2 is 1.94 bits per heavy atom. The van der Waals surface area contributed by atoms with Gasteiger partial charge in [0.25, 0.3) is 0 Å². The molecule has 0 spiro atoms. The Bertz CT molecular complexity index is 602. The summed E-state index contributed by atoms with van der Waals surface area (Å²) in [4.78, 5) is 14.7. The molecule has 18 heavy (non-hydrogen) atoms. The van der Waals surface area contributed by atoms with Crippen LogP contribution in [0.2, 0.25) is 10.0 Å². The number of hydrogen-bond donors (Lipinski definition) is 2. The lowest BCUT2D eigenvalue weighted by molar-refractivity contribution is 0.0696. The van der Waals surface area contributed by atoms with Crippen LogP contribution in [-0.4, -0.2) is 16.1 Å². The molecule has 0 aliphatic carbocycles. The fourth-order valence-electron chi connectivity index (χ4n) is 1.34. The van der Waals surface area contributed by atoms with Gasteiger partial charge >= 0.3 is 5.97 Å². The van der Waals surface area contributed by atoms with Crippen LogP contribution in [0.25, 0.3) is 0 Å². The molecule has 0 bridgehead atoms. The second kappa shape index (κ2) is 5.25. The summed E-state index contributed by atoms with van der Waals surface area (Å²) in [5.41, 5.74) is 0.682. The zero-order valence-corrected chi connectivity index (χ0v) is 10.5. The molecule has 0 saturated heterocycles. The Labute approximate surface area is 113 Å². The molecule has 2 aromatic rings. The highest BCUT2D eigenvalue weighted by Gasteiger charge is 2.09. The molecule has 0 radical (unpaired) electrons. The van der Waals surface area contributed by atoms with Crippen molar-refractivity contribution in [3.63, 3.8) is 0 Å². The van der Waals surface area contributed by atoms with E-state index in [4.69, 9.17) is 28.3 Å². The van der Waals surface area contributed by atoms with Crippen molar-refractivity contribution in [2.75, 3.05) is 5.32 Å². The van der Waals surface area contributed by atoms with Crippen LogP contribution in [0, 0.1) is 0 Å². The number of halogens is 2. The summed E-state index contributed by atoms with van der Waals surface area (Å²) in [6.07, 6.45) is 1.23. The van der Waals surface area contributed by atoms with Gasteiger partial charge in [0.05, 0.1) is 21.3 Å². The summed E-state index contributed by atoms with van der Waals surface area (Å²) in [5, 5.41) is 12.5. The number of hydrogen-bond acceptors (Lipinski definition) is 3. The highest BCUT2D eigenvalue weighted by Crippen LogP contribution is 2.28. The zero-order valence-electron chi connectivity index (χ0n) is 9.02. The quantitative estimate of drug-likeness (QED) is 0.898. The summed E-state index contributed by atoms with van der Waals surface area (Å²) in [7, 11) is 0. The van der Waals surface area contributed by atoms with E-state index in [0.29, 0.717) is 16.5 Å². The molecule has 0 fully saturated rings. The molecule has 2 rings (SSSR count). The zero-order chi connectivity index (χ0) is 13.1. The molecule has 0 unspecified atom stereocenters. The molecule has 6 heteroatoms. The predicted octanol–water partition coefficient (Wildman–Crippen LogP) is 3.83. The number of pyridine rings is 1. The number of carboxylic acid groups (broad SMARTS) is 1. The Kier molecular flexibility index (Phi) is 3.69. The molecule has 0 aliphatic rings. The maximum absolute atomic E-state index is 10.7. The van der Waals surface area contributed by atoms with Gasteiger partial charge in [-0.15, -0.1) is 0 Å². The van der Waals surface area contributed by atoms with Crippen molar-refractivity contribution in [2.45, 2.75) is 0 Å². The molecule has 1 aromatic carbocycles. The average molecular weight is 283 g/mol. The van der Waals surface area contributed by atoms with E-state index in [2.05, 4.69) is 10.3 Å². The number of aromatic nitrogens is 1. The van der Waals surface area contributed by atoms with Crippen molar-refractivity contribution >= 4 is 40.7 Å². The third-order valence-electron chi connectivity index (χ3n) is 2.22. The van der Waals surface area contributed by atoms with Crippen LogP contribution in [0.5, 0.6) is 0 Å². The van der Waals surface area contributed by atoms with Crippen molar-refractivity contribution in [2.24, 2.45) is 0 Å². The van der Waals surface area contributed by atoms with Gasteiger partial charge in [0.1, 0.15) is 5.82 Å². The fourth-order valence-corrected chi connectivity index (χ4v) is 1.73. The molecule has 0 amide bonds. The van der Waals surface area contributed by atoms with Gasteiger partial charge in [-0.1, -0.05) is 35.3 Å². The van der Waals surface area contributed by atoms with Crippen molar-refractivity contribution in [3.8, 4) is 0 Å². The van der Waals surface area contributed by atoms with Crippen LogP contribution in [0.3, 0.4) is 0 Å². The number of benzene rings is 1. The molecule has 1 aromatic heterocycles.